The van der Waals surface area contributed by atoms with Crippen LogP contribution in [0.4, 0.5) is 0 Å². The van der Waals surface area contributed by atoms with Gasteiger partial charge in [0.05, 0.1) is 12.6 Å². The van der Waals surface area contributed by atoms with Crippen molar-refractivity contribution in [1.29, 1.82) is 0 Å². The molecule has 0 saturated carbocycles. The molecular weight excluding hydrogens is 281 g/mol. The first-order chi connectivity index (χ1) is 6.86. The summed E-state index contributed by atoms with van der Waals surface area (Å²) >= 11 is 0. The minimum atomic E-state index is -3.23. The normalized spacial score (nSPS) is 9.17. The Morgan fingerprint density at radius 1 is 0.944 bits per heavy atom. The van der Waals surface area contributed by atoms with Crippen LogP contribution in [0, 0.1) is 0 Å². The first-order valence-electron chi connectivity index (χ1n) is 3.77. The van der Waals surface area contributed by atoms with E-state index in [9.17, 15) is 29.7 Å². The molecule has 0 saturated heterocycles. The van der Waals surface area contributed by atoms with Crippen molar-refractivity contribution in [3.8, 4) is 0 Å². The Balaban J connectivity index is -0.000000327. The first-order valence-corrected chi connectivity index (χ1v) is 3.77. The summed E-state index contributed by atoms with van der Waals surface area (Å²) in [5, 5.41) is 30.9. The first kappa shape index (κ1) is 27.6. The summed E-state index contributed by atoms with van der Waals surface area (Å²) < 4.78 is 8.31. The summed E-state index contributed by atoms with van der Waals surface area (Å²) in [6, 6.07) is 0. The van der Waals surface area contributed by atoms with Crippen molar-refractivity contribution < 1.29 is 128 Å². The van der Waals surface area contributed by atoms with Crippen LogP contribution >= 0.6 is 0 Å². The SMILES string of the molecule is CCOC(OCC(=O)[O-])(C(=O)[O-])C(=O)[O-].[Na+].[Na+].[Na+]. The number of carbonyl (C=O) groups excluding carboxylic acids is 3. The maximum absolute atomic E-state index is 10.5. The number of aliphatic carboxylic acids is 3. The minimum absolute atomic E-state index is 0. The summed E-state index contributed by atoms with van der Waals surface area (Å²) in [5.41, 5.74) is 0. The zero-order valence-corrected chi connectivity index (χ0v) is 16.7. The predicted molar refractivity (Wildman–Crippen MR) is 35.3 cm³/mol. The maximum atomic E-state index is 10.5. The second-order valence-electron chi connectivity index (χ2n) is 2.29. The van der Waals surface area contributed by atoms with Crippen LogP contribution in [0.5, 0.6) is 0 Å². The van der Waals surface area contributed by atoms with E-state index in [0.29, 0.717) is 0 Å². The van der Waals surface area contributed by atoms with Crippen molar-refractivity contribution >= 4 is 17.9 Å². The number of carboxylic acids is 3. The number of carboxylic acid groups (broad SMARTS) is 3. The zero-order valence-electron chi connectivity index (χ0n) is 10.7. The van der Waals surface area contributed by atoms with E-state index in [0.717, 1.165) is 0 Å². The van der Waals surface area contributed by atoms with Crippen molar-refractivity contribution in [3.63, 3.8) is 0 Å². The molecule has 0 aromatic heterocycles. The van der Waals surface area contributed by atoms with Gasteiger partial charge in [0.15, 0.2) is 0 Å². The summed E-state index contributed by atoms with van der Waals surface area (Å²) in [6.07, 6.45) is 0. The average molecular weight is 288 g/mol. The van der Waals surface area contributed by atoms with Crippen LogP contribution < -0.4 is 104 Å². The molecule has 0 atom stereocenters. The Hall–Kier alpha value is 1.33. The van der Waals surface area contributed by atoms with Gasteiger partial charge in [-0.1, -0.05) is 0 Å². The van der Waals surface area contributed by atoms with Crippen LogP contribution in [0.25, 0.3) is 0 Å². The van der Waals surface area contributed by atoms with Gasteiger partial charge in [-0.25, -0.2) is 0 Å². The molecule has 0 aromatic rings. The van der Waals surface area contributed by atoms with Crippen LogP contribution in [0.15, 0.2) is 0 Å². The fraction of sp³-hybridized carbons (Fsp3) is 0.571. The van der Waals surface area contributed by atoms with Crippen molar-refractivity contribution in [2.75, 3.05) is 13.2 Å². The molecule has 0 radical (unpaired) electrons. The third-order valence-electron chi connectivity index (χ3n) is 1.28. The molecule has 86 valence electrons. The van der Waals surface area contributed by atoms with Crippen LogP contribution in [-0.4, -0.2) is 36.9 Å². The predicted octanol–water partition coefficient (Wildman–Crippen LogP) is -14.0. The number of carbonyl (C=O) groups is 3. The zero-order chi connectivity index (χ0) is 12.1. The molecule has 0 rings (SSSR count). The molecule has 18 heavy (non-hydrogen) atoms. The van der Waals surface area contributed by atoms with Gasteiger partial charge in [0.1, 0.15) is 11.9 Å². The Kier molecular flexibility index (Phi) is 20.4. The van der Waals surface area contributed by atoms with Crippen molar-refractivity contribution in [2.45, 2.75) is 12.7 Å². The molecule has 8 nitrogen and oxygen atoms in total. The minimum Gasteiger partial charge on any atom is -0.548 e. The van der Waals surface area contributed by atoms with Gasteiger partial charge in [-0.05, 0) is 6.92 Å². The van der Waals surface area contributed by atoms with Crippen molar-refractivity contribution in [3.05, 3.63) is 0 Å². The topological polar surface area (TPSA) is 139 Å². The van der Waals surface area contributed by atoms with E-state index in [4.69, 9.17) is 0 Å². The van der Waals surface area contributed by atoms with Crippen molar-refractivity contribution in [2.24, 2.45) is 0 Å². The molecule has 0 unspecified atom stereocenters. The largest absolute Gasteiger partial charge is 1.00 e. The number of ether oxygens (including phenoxy) is 2. The molecule has 0 spiro atoms. The van der Waals surface area contributed by atoms with E-state index < -0.39 is 30.3 Å². The average Bonchev–Trinajstić information content (AvgIpc) is 2.10. The van der Waals surface area contributed by atoms with E-state index in [-0.39, 0.29) is 95.3 Å². The standard InChI is InChI=1S/C7H10O8.3Na/c1-2-14-7(5(10)11,6(12)13)15-3-4(8)9;;;/h2-3H2,1H3,(H,8,9)(H,10,11)(H,12,13);;;/q;3*+1/p-3. The van der Waals surface area contributed by atoms with E-state index in [2.05, 4.69) is 9.47 Å². The molecule has 0 aliphatic heterocycles. The van der Waals surface area contributed by atoms with Gasteiger partial charge in [-0.3, -0.25) is 0 Å². The van der Waals surface area contributed by atoms with Gasteiger partial charge in [-0.2, -0.15) is 0 Å². The Morgan fingerprint density at radius 3 is 1.56 bits per heavy atom. The quantitative estimate of drug-likeness (QED) is 0.255. The summed E-state index contributed by atoms with van der Waals surface area (Å²) in [4.78, 5) is 30.9. The van der Waals surface area contributed by atoms with E-state index in [1.807, 2.05) is 0 Å². The molecule has 0 aromatic carbocycles. The van der Waals surface area contributed by atoms with Crippen LogP contribution in [0.2, 0.25) is 0 Å². The Labute approximate surface area is 169 Å². The second kappa shape index (κ2) is 13.3. The van der Waals surface area contributed by atoms with Crippen LogP contribution in [0.3, 0.4) is 0 Å². The van der Waals surface area contributed by atoms with Gasteiger partial charge in [0.2, 0.25) is 0 Å². The molecular formula is C7H7Na3O8. The molecule has 11 heteroatoms. The fourth-order valence-corrected chi connectivity index (χ4v) is 0.725. The van der Waals surface area contributed by atoms with Gasteiger partial charge in [0, 0.05) is 6.61 Å². The Bertz CT molecular complexity index is 268. The fourth-order valence-electron chi connectivity index (χ4n) is 0.725. The smallest absolute Gasteiger partial charge is 0.548 e. The third-order valence-corrected chi connectivity index (χ3v) is 1.28. The molecule has 0 aliphatic carbocycles. The number of rotatable bonds is 7. The second-order valence-corrected chi connectivity index (χ2v) is 2.29. The van der Waals surface area contributed by atoms with E-state index >= 15 is 0 Å². The summed E-state index contributed by atoms with van der Waals surface area (Å²) in [7, 11) is 0. The van der Waals surface area contributed by atoms with Crippen LogP contribution in [-0.2, 0) is 23.9 Å². The molecule has 0 fully saturated rings. The molecule has 0 amide bonds. The van der Waals surface area contributed by atoms with E-state index in [1.165, 1.54) is 6.92 Å². The van der Waals surface area contributed by atoms with Gasteiger partial charge in [0.25, 0.3) is 5.79 Å². The summed E-state index contributed by atoms with van der Waals surface area (Å²) in [6.45, 7) is -0.347. The number of hydrogen-bond acceptors (Lipinski definition) is 8. The molecule has 0 aliphatic rings. The van der Waals surface area contributed by atoms with Crippen LogP contribution in [0.1, 0.15) is 6.92 Å². The summed E-state index contributed by atoms with van der Waals surface area (Å²) in [5.74, 6) is -9.55. The molecule has 0 bridgehead atoms. The molecule has 0 N–H and O–H groups in total. The van der Waals surface area contributed by atoms with Crippen molar-refractivity contribution in [1.82, 2.24) is 0 Å². The molecule has 0 heterocycles. The van der Waals surface area contributed by atoms with Gasteiger partial charge in [-0.15, -0.1) is 0 Å². The number of hydrogen-bond donors (Lipinski definition) is 0. The Morgan fingerprint density at radius 2 is 1.33 bits per heavy atom. The maximum Gasteiger partial charge on any atom is 1.00 e. The third kappa shape index (κ3) is 8.49. The van der Waals surface area contributed by atoms with Gasteiger partial charge >= 0.3 is 88.7 Å². The monoisotopic (exact) mass is 288 g/mol. The van der Waals surface area contributed by atoms with Gasteiger partial charge < -0.3 is 39.2 Å². The van der Waals surface area contributed by atoms with E-state index in [1.54, 1.807) is 0 Å².